The first kappa shape index (κ1) is 14.2. The van der Waals surface area contributed by atoms with Gasteiger partial charge in [0.05, 0.1) is 5.41 Å². The van der Waals surface area contributed by atoms with E-state index in [1.807, 2.05) is 20.8 Å². The molecule has 17 heavy (non-hydrogen) atoms. The number of nitrogens with zero attached hydrogens (tertiary/aromatic N) is 1. The quantitative estimate of drug-likeness (QED) is 0.720. The standard InChI is InChI=1S/C13H23NO3/c1-4-13(5-2)9-11(16)14(12(13)17)10(3)7-6-8-15/h10,15H,4-9H2,1-3H3. The molecule has 1 saturated heterocycles. The van der Waals surface area contributed by atoms with E-state index in [2.05, 4.69) is 0 Å². The van der Waals surface area contributed by atoms with Gasteiger partial charge in [-0.05, 0) is 32.6 Å². The number of aliphatic hydroxyl groups excluding tert-OH is 1. The SMILES string of the molecule is CCC1(CC)CC(=O)N(C(C)CCCO)C1=O. The van der Waals surface area contributed by atoms with Crippen LogP contribution in [0.25, 0.3) is 0 Å². The van der Waals surface area contributed by atoms with Gasteiger partial charge in [-0.25, -0.2) is 0 Å². The Balaban J connectivity index is 2.81. The highest BCUT2D eigenvalue weighted by molar-refractivity contribution is 6.06. The zero-order valence-electron chi connectivity index (χ0n) is 11.0. The van der Waals surface area contributed by atoms with Crippen LogP contribution in [0.3, 0.4) is 0 Å². The Morgan fingerprint density at radius 2 is 1.94 bits per heavy atom. The Morgan fingerprint density at radius 1 is 1.35 bits per heavy atom. The molecule has 0 saturated carbocycles. The number of rotatable bonds is 6. The van der Waals surface area contributed by atoms with Crippen molar-refractivity contribution in [3.63, 3.8) is 0 Å². The number of imide groups is 1. The van der Waals surface area contributed by atoms with Gasteiger partial charge in [0.15, 0.2) is 0 Å². The largest absolute Gasteiger partial charge is 0.396 e. The molecule has 1 aliphatic heterocycles. The van der Waals surface area contributed by atoms with Crippen molar-refractivity contribution in [2.24, 2.45) is 5.41 Å². The smallest absolute Gasteiger partial charge is 0.236 e. The van der Waals surface area contributed by atoms with Crippen LogP contribution in [0.5, 0.6) is 0 Å². The second kappa shape index (κ2) is 5.63. The van der Waals surface area contributed by atoms with E-state index in [9.17, 15) is 9.59 Å². The maximum absolute atomic E-state index is 12.3. The van der Waals surface area contributed by atoms with Crippen LogP contribution in [-0.2, 0) is 9.59 Å². The van der Waals surface area contributed by atoms with Gasteiger partial charge in [-0.15, -0.1) is 0 Å². The van der Waals surface area contributed by atoms with Crippen LogP contribution in [0.2, 0.25) is 0 Å². The van der Waals surface area contributed by atoms with Gasteiger partial charge in [0.2, 0.25) is 11.8 Å². The van der Waals surface area contributed by atoms with Crippen LogP contribution >= 0.6 is 0 Å². The summed E-state index contributed by atoms with van der Waals surface area (Å²) in [7, 11) is 0. The Labute approximate surface area is 103 Å². The lowest BCUT2D eigenvalue weighted by Crippen LogP contribution is -2.41. The van der Waals surface area contributed by atoms with E-state index in [1.54, 1.807) is 0 Å². The van der Waals surface area contributed by atoms with E-state index in [-0.39, 0.29) is 24.5 Å². The third-order valence-corrected chi connectivity index (χ3v) is 4.01. The van der Waals surface area contributed by atoms with Gasteiger partial charge in [-0.2, -0.15) is 0 Å². The lowest BCUT2D eigenvalue weighted by atomic mass is 9.81. The minimum Gasteiger partial charge on any atom is -0.396 e. The second-order valence-corrected chi connectivity index (χ2v) is 4.95. The summed E-state index contributed by atoms with van der Waals surface area (Å²) in [6.07, 6.45) is 3.10. The molecule has 0 aromatic carbocycles. The van der Waals surface area contributed by atoms with E-state index in [0.29, 0.717) is 19.3 Å². The molecule has 98 valence electrons. The third kappa shape index (κ3) is 2.51. The van der Waals surface area contributed by atoms with Crippen LogP contribution in [0.4, 0.5) is 0 Å². The van der Waals surface area contributed by atoms with Gasteiger partial charge in [0, 0.05) is 19.1 Å². The van der Waals surface area contributed by atoms with E-state index in [1.165, 1.54) is 4.90 Å². The molecule has 0 aliphatic carbocycles. The molecule has 2 amide bonds. The molecule has 1 rings (SSSR count). The number of likely N-dealkylation sites (tertiary alicyclic amines) is 1. The van der Waals surface area contributed by atoms with Gasteiger partial charge in [0.1, 0.15) is 0 Å². The van der Waals surface area contributed by atoms with Gasteiger partial charge in [-0.1, -0.05) is 13.8 Å². The third-order valence-electron chi connectivity index (χ3n) is 4.01. The molecule has 0 aromatic heterocycles. The molecular weight excluding hydrogens is 218 g/mol. The number of aliphatic hydroxyl groups is 1. The van der Waals surface area contributed by atoms with Crippen LogP contribution in [-0.4, -0.2) is 34.5 Å². The second-order valence-electron chi connectivity index (χ2n) is 4.95. The minimum absolute atomic E-state index is 0.0158. The molecule has 1 aliphatic rings. The summed E-state index contributed by atoms with van der Waals surface area (Å²) in [5.74, 6) is -0.0675. The van der Waals surface area contributed by atoms with Crippen molar-refractivity contribution < 1.29 is 14.7 Å². The summed E-state index contributed by atoms with van der Waals surface area (Å²) in [6, 6.07) is -0.0953. The molecule has 4 nitrogen and oxygen atoms in total. The summed E-state index contributed by atoms with van der Waals surface area (Å²) in [5, 5.41) is 8.80. The molecule has 1 fully saturated rings. The molecule has 1 heterocycles. The van der Waals surface area contributed by atoms with Crippen LogP contribution in [0.15, 0.2) is 0 Å². The highest BCUT2D eigenvalue weighted by atomic mass is 16.3. The van der Waals surface area contributed by atoms with Gasteiger partial charge in [-0.3, -0.25) is 14.5 Å². The van der Waals surface area contributed by atoms with Crippen molar-refractivity contribution >= 4 is 11.8 Å². The normalized spacial score (nSPS) is 21.1. The first-order valence-corrected chi connectivity index (χ1v) is 6.49. The van der Waals surface area contributed by atoms with Crippen LogP contribution in [0, 0.1) is 5.41 Å². The van der Waals surface area contributed by atoms with Crippen LogP contribution in [0.1, 0.15) is 52.9 Å². The molecule has 0 spiro atoms. The summed E-state index contributed by atoms with van der Waals surface area (Å²) in [6.45, 7) is 5.92. The molecule has 0 radical (unpaired) electrons. The first-order chi connectivity index (χ1) is 8.02. The van der Waals surface area contributed by atoms with Crippen molar-refractivity contribution in [1.82, 2.24) is 4.90 Å². The molecule has 1 unspecified atom stereocenters. The summed E-state index contributed by atoms with van der Waals surface area (Å²) >= 11 is 0. The van der Waals surface area contributed by atoms with Gasteiger partial charge >= 0.3 is 0 Å². The van der Waals surface area contributed by atoms with Crippen LogP contribution < -0.4 is 0 Å². The van der Waals surface area contributed by atoms with Crippen molar-refractivity contribution in [2.75, 3.05) is 6.61 Å². The fraction of sp³-hybridized carbons (Fsp3) is 0.846. The highest BCUT2D eigenvalue weighted by Gasteiger charge is 2.50. The van der Waals surface area contributed by atoms with E-state index in [0.717, 1.165) is 12.8 Å². The molecular formula is C13H23NO3. The summed E-state index contributed by atoms with van der Waals surface area (Å²) < 4.78 is 0. The zero-order chi connectivity index (χ0) is 13.1. The lowest BCUT2D eigenvalue weighted by molar-refractivity contribution is -0.144. The zero-order valence-corrected chi connectivity index (χ0v) is 11.0. The predicted molar refractivity (Wildman–Crippen MR) is 65.3 cm³/mol. The molecule has 1 atom stereocenters. The Bertz CT molecular complexity index is 297. The van der Waals surface area contributed by atoms with Gasteiger partial charge < -0.3 is 5.11 Å². The summed E-state index contributed by atoms with van der Waals surface area (Å²) in [4.78, 5) is 25.7. The average Bonchev–Trinajstić information content (AvgIpc) is 2.58. The average molecular weight is 241 g/mol. The number of carbonyl (C=O) groups is 2. The molecule has 1 N–H and O–H groups in total. The van der Waals surface area contributed by atoms with E-state index < -0.39 is 5.41 Å². The first-order valence-electron chi connectivity index (χ1n) is 6.49. The van der Waals surface area contributed by atoms with Crippen molar-refractivity contribution in [3.05, 3.63) is 0 Å². The number of hydrogen-bond acceptors (Lipinski definition) is 3. The number of carbonyl (C=O) groups excluding carboxylic acids is 2. The predicted octanol–water partition coefficient (Wildman–Crippen LogP) is 1.71. The maximum atomic E-state index is 12.3. The Kier molecular flexibility index (Phi) is 4.69. The molecule has 4 heteroatoms. The number of amides is 2. The Morgan fingerprint density at radius 3 is 2.35 bits per heavy atom. The highest BCUT2D eigenvalue weighted by Crippen LogP contribution is 2.40. The lowest BCUT2D eigenvalue weighted by Gasteiger charge is -2.27. The minimum atomic E-state index is -0.468. The van der Waals surface area contributed by atoms with Crippen molar-refractivity contribution in [3.8, 4) is 0 Å². The molecule has 0 bridgehead atoms. The fourth-order valence-corrected chi connectivity index (χ4v) is 2.58. The van der Waals surface area contributed by atoms with Gasteiger partial charge in [0.25, 0.3) is 0 Å². The monoisotopic (exact) mass is 241 g/mol. The number of hydrogen-bond donors (Lipinski definition) is 1. The van der Waals surface area contributed by atoms with Crippen molar-refractivity contribution in [2.45, 2.75) is 58.9 Å². The van der Waals surface area contributed by atoms with E-state index in [4.69, 9.17) is 5.11 Å². The summed E-state index contributed by atoms with van der Waals surface area (Å²) in [5.41, 5.74) is -0.468. The maximum Gasteiger partial charge on any atom is 0.236 e. The molecule has 0 aromatic rings. The fourth-order valence-electron chi connectivity index (χ4n) is 2.58. The Hall–Kier alpha value is -0.900. The van der Waals surface area contributed by atoms with E-state index >= 15 is 0 Å². The topological polar surface area (TPSA) is 57.6 Å². The van der Waals surface area contributed by atoms with Crippen molar-refractivity contribution in [1.29, 1.82) is 0 Å².